The number of ether oxygens (including phenoxy) is 1. The molecule has 1 aliphatic rings. The Balaban J connectivity index is 1.52. The van der Waals surface area contributed by atoms with Crippen LogP contribution < -0.4 is 5.32 Å². The third kappa shape index (κ3) is 4.80. The highest BCUT2D eigenvalue weighted by Crippen LogP contribution is 2.39. The van der Waals surface area contributed by atoms with E-state index in [0.29, 0.717) is 37.1 Å². The monoisotopic (exact) mass is 468 g/mol. The van der Waals surface area contributed by atoms with Crippen molar-refractivity contribution in [2.45, 2.75) is 31.4 Å². The first-order valence-electron chi connectivity index (χ1n) is 11.3. The van der Waals surface area contributed by atoms with Gasteiger partial charge in [0.1, 0.15) is 23.1 Å². The first kappa shape index (κ1) is 23.8. The van der Waals surface area contributed by atoms with Crippen molar-refractivity contribution in [2.24, 2.45) is 0 Å². The van der Waals surface area contributed by atoms with Gasteiger partial charge in [-0.3, -0.25) is 0 Å². The Morgan fingerprint density at radius 3 is 2.29 bits per heavy atom. The van der Waals surface area contributed by atoms with Crippen molar-refractivity contribution in [3.63, 3.8) is 0 Å². The Labute approximate surface area is 197 Å². The Kier molecular flexibility index (Phi) is 6.93. The number of nitrogens with zero attached hydrogens (tertiary/aromatic N) is 1. The molecule has 1 heterocycles. The van der Waals surface area contributed by atoms with Crippen LogP contribution in [0.15, 0.2) is 66.7 Å². The molecule has 4 rings (SSSR count). The molecule has 1 amide bonds. The summed E-state index contributed by atoms with van der Waals surface area (Å²) >= 11 is 0. The zero-order valence-corrected chi connectivity index (χ0v) is 19.2. The lowest BCUT2D eigenvalue weighted by Gasteiger charge is -2.43. The Morgan fingerprint density at radius 2 is 1.68 bits per heavy atom. The molecule has 0 aliphatic carbocycles. The fourth-order valence-electron chi connectivity index (χ4n) is 4.47. The van der Waals surface area contributed by atoms with Gasteiger partial charge < -0.3 is 15.0 Å². The first-order valence-corrected chi connectivity index (χ1v) is 11.3. The standard InChI is InChI=1S/C27H27F3N2O2/c1-18(19-3-5-20(6-4-19)24-12-11-23(29)17-25(24)30)32-16-14-27(13-15-31-2,34-26(32)33)21-7-9-22(28)10-8-21/h3-12,17-18,31H,13-16H2,1-2H3/t18-,27?/m0/s1. The van der Waals surface area contributed by atoms with Crippen LogP contribution in [0.3, 0.4) is 0 Å². The van der Waals surface area contributed by atoms with E-state index in [1.165, 1.54) is 24.3 Å². The van der Waals surface area contributed by atoms with E-state index < -0.39 is 23.3 Å². The number of hydrogen-bond acceptors (Lipinski definition) is 3. The minimum Gasteiger partial charge on any atom is -0.438 e. The zero-order valence-electron chi connectivity index (χ0n) is 19.2. The number of carbonyl (C=O) groups is 1. The minimum atomic E-state index is -0.825. The van der Waals surface area contributed by atoms with Gasteiger partial charge >= 0.3 is 6.09 Å². The van der Waals surface area contributed by atoms with Crippen LogP contribution in [0.4, 0.5) is 18.0 Å². The van der Waals surface area contributed by atoms with Crippen LogP contribution in [0.25, 0.3) is 11.1 Å². The molecule has 7 heteroatoms. The van der Waals surface area contributed by atoms with Gasteiger partial charge in [0.2, 0.25) is 0 Å². The van der Waals surface area contributed by atoms with Gasteiger partial charge in [0.25, 0.3) is 0 Å². The Morgan fingerprint density at radius 1 is 1.00 bits per heavy atom. The van der Waals surface area contributed by atoms with Gasteiger partial charge in [-0.25, -0.2) is 18.0 Å². The summed E-state index contributed by atoms with van der Waals surface area (Å²) in [4.78, 5) is 14.8. The number of hydrogen-bond donors (Lipinski definition) is 1. The van der Waals surface area contributed by atoms with E-state index in [9.17, 15) is 18.0 Å². The Hall–Kier alpha value is -3.32. The number of cyclic esters (lactones) is 1. The topological polar surface area (TPSA) is 41.6 Å². The molecule has 1 saturated heterocycles. The number of amides is 1. The maximum atomic E-state index is 14.1. The second-order valence-corrected chi connectivity index (χ2v) is 8.59. The van der Waals surface area contributed by atoms with Gasteiger partial charge in [0.05, 0.1) is 6.04 Å². The molecular formula is C27H27F3N2O2. The van der Waals surface area contributed by atoms with E-state index in [1.54, 1.807) is 29.2 Å². The van der Waals surface area contributed by atoms with Crippen LogP contribution in [0.5, 0.6) is 0 Å². The summed E-state index contributed by atoms with van der Waals surface area (Å²) in [5.74, 6) is -1.59. The van der Waals surface area contributed by atoms with Crippen molar-refractivity contribution in [3.8, 4) is 11.1 Å². The first-order chi connectivity index (χ1) is 16.3. The van der Waals surface area contributed by atoms with Gasteiger partial charge in [-0.2, -0.15) is 0 Å². The molecule has 0 bridgehead atoms. The summed E-state index contributed by atoms with van der Waals surface area (Å²) in [6.07, 6.45) is 0.698. The summed E-state index contributed by atoms with van der Waals surface area (Å²) in [5, 5.41) is 3.09. The molecule has 0 saturated carbocycles. The number of benzene rings is 3. The van der Waals surface area contributed by atoms with Gasteiger partial charge in [0.15, 0.2) is 0 Å². The summed E-state index contributed by atoms with van der Waals surface area (Å²) in [5.41, 5.74) is 1.75. The SMILES string of the molecule is CNCCC1(c2ccc(F)cc2)CCN([C@@H](C)c2ccc(-c3ccc(F)cc3F)cc2)C(=O)O1. The summed E-state index contributed by atoms with van der Waals surface area (Å²) < 4.78 is 46.8. The molecule has 0 aromatic heterocycles. The van der Waals surface area contributed by atoms with Crippen LogP contribution in [0, 0.1) is 17.5 Å². The molecular weight excluding hydrogens is 441 g/mol. The van der Waals surface area contributed by atoms with Crippen molar-refractivity contribution in [3.05, 3.63) is 95.3 Å². The molecule has 1 fully saturated rings. The fourth-order valence-corrected chi connectivity index (χ4v) is 4.47. The number of nitrogens with one attached hydrogen (secondary N) is 1. The van der Waals surface area contributed by atoms with Crippen molar-refractivity contribution in [2.75, 3.05) is 20.1 Å². The van der Waals surface area contributed by atoms with Crippen LogP contribution >= 0.6 is 0 Å². The quantitative estimate of drug-likeness (QED) is 0.450. The number of halogens is 3. The molecule has 34 heavy (non-hydrogen) atoms. The third-order valence-electron chi connectivity index (χ3n) is 6.53. The van der Waals surface area contributed by atoms with E-state index in [0.717, 1.165) is 17.2 Å². The molecule has 2 atom stereocenters. The predicted octanol–water partition coefficient (Wildman–Crippen LogP) is 6.18. The normalized spacial score (nSPS) is 19.1. The van der Waals surface area contributed by atoms with Crippen molar-refractivity contribution < 1.29 is 22.7 Å². The van der Waals surface area contributed by atoms with Gasteiger partial charge in [0, 0.05) is 31.0 Å². The van der Waals surface area contributed by atoms with Crippen molar-refractivity contribution in [1.29, 1.82) is 0 Å². The average Bonchev–Trinajstić information content (AvgIpc) is 2.83. The lowest BCUT2D eigenvalue weighted by atomic mass is 9.85. The molecule has 3 aromatic carbocycles. The lowest BCUT2D eigenvalue weighted by molar-refractivity contribution is -0.0648. The zero-order chi connectivity index (χ0) is 24.3. The van der Waals surface area contributed by atoms with Gasteiger partial charge in [-0.1, -0.05) is 36.4 Å². The van der Waals surface area contributed by atoms with Gasteiger partial charge in [-0.15, -0.1) is 0 Å². The van der Waals surface area contributed by atoms with Crippen LogP contribution in [0.2, 0.25) is 0 Å². The van der Waals surface area contributed by atoms with Crippen LogP contribution in [-0.2, 0) is 10.3 Å². The lowest BCUT2D eigenvalue weighted by Crippen LogP contribution is -2.49. The largest absolute Gasteiger partial charge is 0.438 e. The Bertz CT molecular complexity index is 1150. The second-order valence-electron chi connectivity index (χ2n) is 8.59. The maximum Gasteiger partial charge on any atom is 0.411 e. The predicted molar refractivity (Wildman–Crippen MR) is 125 cm³/mol. The van der Waals surface area contributed by atoms with Crippen molar-refractivity contribution >= 4 is 6.09 Å². The molecule has 0 radical (unpaired) electrons. The smallest absolute Gasteiger partial charge is 0.411 e. The summed E-state index contributed by atoms with van der Waals surface area (Å²) in [6, 6.07) is 16.5. The summed E-state index contributed by atoms with van der Waals surface area (Å²) in [6.45, 7) is 3.02. The van der Waals surface area contributed by atoms with E-state index in [1.807, 2.05) is 26.1 Å². The van der Waals surface area contributed by atoms with E-state index in [4.69, 9.17) is 4.74 Å². The molecule has 1 aliphatic heterocycles. The third-order valence-corrected chi connectivity index (χ3v) is 6.53. The van der Waals surface area contributed by atoms with Gasteiger partial charge in [-0.05, 0) is 61.5 Å². The molecule has 1 N–H and O–H groups in total. The highest BCUT2D eigenvalue weighted by molar-refractivity contribution is 5.70. The van der Waals surface area contributed by atoms with E-state index >= 15 is 0 Å². The number of rotatable bonds is 7. The molecule has 1 unspecified atom stereocenters. The van der Waals surface area contributed by atoms with Crippen LogP contribution in [-0.4, -0.2) is 31.1 Å². The second kappa shape index (κ2) is 9.89. The average molecular weight is 469 g/mol. The van der Waals surface area contributed by atoms with E-state index in [2.05, 4.69) is 5.32 Å². The maximum absolute atomic E-state index is 14.1. The highest BCUT2D eigenvalue weighted by Gasteiger charge is 2.43. The highest BCUT2D eigenvalue weighted by atomic mass is 19.1. The van der Waals surface area contributed by atoms with E-state index in [-0.39, 0.29) is 11.9 Å². The van der Waals surface area contributed by atoms with Crippen LogP contribution in [0.1, 0.15) is 36.9 Å². The number of carbonyl (C=O) groups excluding carboxylic acids is 1. The summed E-state index contributed by atoms with van der Waals surface area (Å²) in [7, 11) is 1.83. The molecule has 3 aromatic rings. The molecule has 4 nitrogen and oxygen atoms in total. The molecule has 0 spiro atoms. The van der Waals surface area contributed by atoms with Crippen molar-refractivity contribution in [1.82, 2.24) is 10.2 Å². The minimum absolute atomic E-state index is 0.268. The molecule has 178 valence electrons. The fraction of sp³-hybridized carbons (Fsp3) is 0.296.